The maximum Gasteiger partial charge on any atom is 0.257 e. The van der Waals surface area contributed by atoms with E-state index in [9.17, 15) is 13.6 Å². The first-order chi connectivity index (χ1) is 8.59. The van der Waals surface area contributed by atoms with E-state index >= 15 is 0 Å². The molecule has 94 valence electrons. The number of H-pyrrole nitrogens is 1. The van der Waals surface area contributed by atoms with E-state index in [-0.39, 0.29) is 12.1 Å². The summed E-state index contributed by atoms with van der Waals surface area (Å²) in [5.74, 6) is -2.50. The summed E-state index contributed by atoms with van der Waals surface area (Å²) < 4.78 is 27.1. The van der Waals surface area contributed by atoms with Gasteiger partial charge in [-0.25, -0.2) is 13.8 Å². The van der Waals surface area contributed by atoms with Gasteiger partial charge in [0.2, 0.25) is 0 Å². The van der Waals surface area contributed by atoms with Crippen molar-refractivity contribution in [2.24, 2.45) is 0 Å². The highest BCUT2D eigenvalue weighted by Gasteiger charge is 2.18. The number of hydrogen-bond acceptors (Lipinski definition) is 2. The molecule has 2 rings (SSSR count). The molecule has 6 heteroatoms. The molecule has 0 bridgehead atoms. The van der Waals surface area contributed by atoms with Crippen LogP contribution in [0.2, 0.25) is 0 Å². The fourth-order valence-electron chi connectivity index (χ4n) is 1.51. The van der Waals surface area contributed by atoms with Crippen molar-refractivity contribution in [3.05, 3.63) is 53.1 Å². The normalized spacial score (nSPS) is 10.4. The number of imidazole rings is 1. The van der Waals surface area contributed by atoms with Gasteiger partial charge in [0.05, 0.1) is 18.6 Å². The number of benzene rings is 1. The second kappa shape index (κ2) is 4.95. The second-order valence-electron chi connectivity index (χ2n) is 3.81. The molecule has 1 heterocycles. The summed E-state index contributed by atoms with van der Waals surface area (Å²) in [6, 6.07) is 2.36. The van der Waals surface area contributed by atoms with Crippen LogP contribution in [0.1, 0.15) is 21.6 Å². The van der Waals surface area contributed by atoms with Crippen LogP contribution in [0.15, 0.2) is 24.7 Å². The molecule has 0 unspecified atom stereocenters. The highest BCUT2D eigenvalue weighted by molar-refractivity contribution is 5.94. The van der Waals surface area contributed by atoms with E-state index in [1.807, 2.05) is 0 Å². The molecule has 0 atom stereocenters. The minimum Gasteiger partial charge on any atom is -0.347 e. The Hall–Kier alpha value is -2.24. The van der Waals surface area contributed by atoms with Gasteiger partial charge in [-0.05, 0) is 18.6 Å². The summed E-state index contributed by atoms with van der Waals surface area (Å²) in [7, 11) is 0. The Morgan fingerprint density at radius 1 is 1.44 bits per heavy atom. The summed E-state index contributed by atoms with van der Waals surface area (Å²) in [5.41, 5.74) is 0.314. The Morgan fingerprint density at radius 2 is 2.22 bits per heavy atom. The highest BCUT2D eigenvalue weighted by atomic mass is 19.1. The van der Waals surface area contributed by atoms with Gasteiger partial charge in [-0.15, -0.1) is 0 Å². The van der Waals surface area contributed by atoms with E-state index in [1.54, 1.807) is 0 Å². The maximum atomic E-state index is 13.7. The number of amides is 1. The van der Waals surface area contributed by atoms with Crippen molar-refractivity contribution in [1.29, 1.82) is 0 Å². The lowest BCUT2D eigenvalue weighted by Crippen LogP contribution is -2.25. The fraction of sp³-hybridized carbons (Fsp3) is 0.167. The molecule has 0 fully saturated rings. The molecule has 1 aromatic heterocycles. The average molecular weight is 251 g/mol. The van der Waals surface area contributed by atoms with E-state index in [2.05, 4.69) is 15.3 Å². The summed E-state index contributed by atoms with van der Waals surface area (Å²) in [6.45, 7) is 1.60. The van der Waals surface area contributed by atoms with Crippen molar-refractivity contribution < 1.29 is 13.6 Å². The van der Waals surface area contributed by atoms with Crippen LogP contribution in [0.25, 0.3) is 0 Å². The van der Waals surface area contributed by atoms with Gasteiger partial charge in [-0.1, -0.05) is 6.07 Å². The molecular weight excluding hydrogens is 240 g/mol. The molecule has 0 aliphatic rings. The summed E-state index contributed by atoms with van der Waals surface area (Å²) in [5, 5.41) is 2.42. The number of aryl methyl sites for hydroxylation is 1. The molecule has 0 aliphatic carbocycles. The lowest BCUT2D eigenvalue weighted by Gasteiger charge is -2.07. The smallest absolute Gasteiger partial charge is 0.257 e. The van der Waals surface area contributed by atoms with Gasteiger partial charge in [-0.3, -0.25) is 4.79 Å². The van der Waals surface area contributed by atoms with Crippen LogP contribution in [0.4, 0.5) is 8.78 Å². The van der Waals surface area contributed by atoms with E-state index < -0.39 is 23.1 Å². The Bertz CT molecular complexity index is 567. The van der Waals surface area contributed by atoms with Crippen molar-refractivity contribution in [2.45, 2.75) is 13.5 Å². The average Bonchev–Trinajstić information content (AvgIpc) is 2.85. The maximum absolute atomic E-state index is 13.7. The predicted molar refractivity (Wildman–Crippen MR) is 60.9 cm³/mol. The zero-order valence-electron chi connectivity index (χ0n) is 9.63. The standard InChI is InChI=1S/C12H11F2N3O/c1-7-2-3-9(13)10(11(7)14)12(18)16-5-8-4-15-6-17-8/h2-4,6H,5H2,1H3,(H,15,17)(H,16,18). The molecule has 2 N–H and O–H groups in total. The third-order valence-electron chi connectivity index (χ3n) is 2.51. The van der Waals surface area contributed by atoms with Gasteiger partial charge in [0.1, 0.15) is 17.2 Å². The molecule has 18 heavy (non-hydrogen) atoms. The molecule has 0 saturated heterocycles. The van der Waals surface area contributed by atoms with Gasteiger partial charge in [0.25, 0.3) is 5.91 Å². The fourth-order valence-corrected chi connectivity index (χ4v) is 1.51. The molecular formula is C12H11F2N3O. The molecule has 0 saturated carbocycles. The minimum atomic E-state index is -0.875. The Labute approximate surface area is 102 Å². The molecule has 1 amide bonds. The van der Waals surface area contributed by atoms with Crippen molar-refractivity contribution in [3.63, 3.8) is 0 Å². The molecule has 0 aliphatic heterocycles. The number of rotatable bonds is 3. The topological polar surface area (TPSA) is 57.8 Å². The number of hydrogen-bond donors (Lipinski definition) is 2. The first-order valence-electron chi connectivity index (χ1n) is 5.29. The second-order valence-corrected chi connectivity index (χ2v) is 3.81. The SMILES string of the molecule is Cc1ccc(F)c(C(=O)NCc2cnc[nH]2)c1F. The molecule has 0 radical (unpaired) electrons. The minimum absolute atomic E-state index is 0.131. The monoisotopic (exact) mass is 251 g/mol. The van der Waals surface area contributed by atoms with Crippen molar-refractivity contribution in [3.8, 4) is 0 Å². The van der Waals surface area contributed by atoms with Gasteiger partial charge < -0.3 is 10.3 Å². The quantitative estimate of drug-likeness (QED) is 0.875. The van der Waals surface area contributed by atoms with Crippen molar-refractivity contribution >= 4 is 5.91 Å². The number of halogens is 2. The molecule has 2 aromatic rings. The summed E-state index contributed by atoms with van der Waals surface area (Å²) >= 11 is 0. The van der Waals surface area contributed by atoms with E-state index in [1.165, 1.54) is 25.5 Å². The number of carbonyl (C=O) groups is 1. The zero-order chi connectivity index (χ0) is 13.1. The lowest BCUT2D eigenvalue weighted by molar-refractivity contribution is 0.0942. The zero-order valence-corrected chi connectivity index (χ0v) is 9.63. The summed E-state index contributed by atoms with van der Waals surface area (Å²) in [4.78, 5) is 18.2. The van der Waals surface area contributed by atoms with E-state index in [0.29, 0.717) is 5.69 Å². The van der Waals surface area contributed by atoms with Crippen LogP contribution >= 0.6 is 0 Å². The highest BCUT2D eigenvalue weighted by Crippen LogP contribution is 2.16. The first kappa shape index (κ1) is 12.2. The predicted octanol–water partition coefficient (Wildman–Crippen LogP) is 1.93. The number of carbonyl (C=O) groups excluding carboxylic acids is 1. The Morgan fingerprint density at radius 3 is 2.89 bits per heavy atom. The van der Waals surface area contributed by atoms with Crippen molar-refractivity contribution in [1.82, 2.24) is 15.3 Å². The third kappa shape index (κ3) is 2.37. The van der Waals surface area contributed by atoms with Gasteiger partial charge in [0, 0.05) is 6.20 Å². The lowest BCUT2D eigenvalue weighted by atomic mass is 10.1. The van der Waals surface area contributed by atoms with Crippen LogP contribution in [-0.4, -0.2) is 15.9 Å². The van der Waals surface area contributed by atoms with Crippen LogP contribution in [0.3, 0.4) is 0 Å². The van der Waals surface area contributed by atoms with Gasteiger partial charge >= 0.3 is 0 Å². The number of nitrogens with one attached hydrogen (secondary N) is 2. The van der Waals surface area contributed by atoms with Gasteiger partial charge in [0.15, 0.2) is 0 Å². The third-order valence-corrected chi connectivity index (χ3v) is 2.51. The largest absolute Gasteiger partial charge is 0.347 e. The number of aromatic nitrogens is 2. The first-order valence-corrected chi connectivity index (χ1v) is 5.29. The van der Waals surface area contributed by atoms with Crippen LogP contribution in [0.5, 0.6) is 0 Å². The number of aromatic amines is 1. The Balaban J connectivity index is 2.16. The van der Waals surface area contributed by atoms with E-state index in [0.717, 1.165) is 6.07 Å². The number of nitrogens with zero attached hydrogens (tertiary/aromatic N) is 1. The summed E-state index contributed by atoms with van der Waals surface area (Å²) in [6.07, 6.45) is 2.97. The van der Waals surface area contributed by atoms with E-state index in [4.69, 9.17) is 0 Å². The molecule has 0 spiro atoms. The van der Waals surface area contributed by atoms with Crippen LogP contribution < -0.4 is 5.32 Å². The van der Waals surface area contributed by atoms with Gasteiger partial charge in [-0.2, -0.15) is 0 Å². The molecule has 4 nitrogen and oxygen atoms in total. The molecule has 1 aromatic carbocycles. The van der Waals surface area contributed by atoms with Crippen LogP contribution in [0, 0.1) is 18.6 Å². The van der Waals surface area contributed by atoms with Crippen LogP contribution in [-0.2, 0) is 6.54 Å². The Kier molecular flexibility index (Phi) is 3.36. The van der Waals surface area contributed by atoms with Crippen molar-refractivity contribution in [2.75, 3.05) is 0 Å².